The summed E-state index contributed by atoms with van der Waals surface area (Å²) in [7, 11) is -0.538. The number of amides is 1. The summed E-state index contributed by atoms with van der Waals surface area (Å²) in [6.07, 6.45) is 0.688. The van der Waals surface area contributed by atoms with Crippen LogP contribution in [0.1, 0.15) is 30.3 Å². The number of benzene rings is 2. The number of thiazole rings is 1. The molecule has 33 heavy (non-hydrogen) atoms. The van der Waals surface area contributed by atoms with Crippen molar-refractivity contribution in [2.24, 2.45) is 0 Å². The quantitative estimate of drug-likeness (QED) is 0.425. The first-order valence-corrected chi connectivity index (χ1v) is 12.9. The summed E-state index contributed by atoms with van der Waals surface area (Å²) in [5.74, 6) is 0.617. The highest BCUT2D eigenvalue weighted by Gasteiger charge is 2.20. The molecule has 0 atom stereocenters. The van der Waals surface area contributed by atoms with Gasteiger partial charge in [-0.25, -0.2) is 22.7 Å². The number of carbonyl (C=O) groups is 1. The second-order valence-corrected chi connectivity index (χ2v) is 11.4. The lowest BCUT2D eigenvalue weighted by atomic mass is 10.1. The number of sulfonamides is 1. The molecule has 174 valence electrons. The third-order valence-corrected chi connectivity index (χ3v) is 8.27. The van der Waals surface area contributed by atoms with Crippen molar-refractivity contribution in [3.63, 3.8) is 0 Å². The maximum atomic E-state index is 12.6. The van der Waals surface area contributed by atoms with Gasteiger partial charge in [-0.1, -0.05) is 17.4 Å². The molecule has 1 amide bonds. The number of hydrogen-bond acceptors (Lipinski definition) is 6. The van der Waals surface area contributed by atoms with Crippen LogP contribution in [0.3, 0.4) is 0 Å². The Morgan fingerprint density at radius 3 is 2.61 bits per heavy atom. The van der Waals surface area contributed by atoms with Gasteiger partial charge in [0, 0.05) is 33.5 Å². The lowest BCUT2D eigenvalue weighted by molar-refractivity contribution is -0.116. The van der Waals surface area contributed by atoms with Crippen LogP contribution in [0.25, 0.3) is 21.3 Å². The summed E-state index contributed by atoms with van der Waals surface area (Å²) in [6, 6.07) is 9.12. The standard InChI is InChI=1S/C23H27N5O3S2/c1-6-28-18-8-7-16(33(30,31)27(4)5)13-17(18)24-20(28)9-10-21(29)25-23-26-22-15(3)11-14(2)12-19(22)32-23/h7-8,11-13H,6,9-10H2,1-5H3,(H,25,26,29). The van der Waals surface area contributed by atoms with Crippen molar-refractivity contribution in [3.05, 3.63) is 47.3 Å². The van der Waals surface area contributed by atoms with Crippen LogP contribution in [0, 0.1) is 13.8 Å². The minimum absolute atomic E-state index is 0.131. The third kappa shape index (κ3) is 4.50. The van der Waals surface area contributed by atoms with E-state index in [4.69, 9.17) is 0 Å². The Labute approximate surface area is 197 Å². The molecule has 4 aromatic rings. The number of imidazole rings is 1. The zero-order valence-corrected chi connectivity index (χ0v) is 21.0. The minimum atomic E-state index is -3.54. The van der Waals surface area contributed by atoms with E-state index < -0.39 is 10.0 Å². The zero-order valence-electron chi connectivity index (χ0n) is 19.3. The van der Waals surface area contributed by atoms with Gasteiger partial charge in [0.1, 0.15) is 5.82 Å². The van der Waals surface area contributed by atoms with E-state index in [0.29, 0.717) is 23.6 Å². The molecule has 0 aliphatic heterocycles. The third-order valence-electron chi connectivity index (χ3n) is 5.55. The predicted molar refractivity (Wildman–Crippen MR) is 132 cm³/mol. The van der Waals surface area contributed by atoms with Crippen LogP contribution in [-0.2, 0) is 27.8 Å². The monoisotopic (exact) mass is 485 g/mol. The van der Waals surface area contributed by atoms with Crippen LogP contribution in [0.2, 0.25) is 0 Å². The van der Waals surface area contributed by atoms with Crippen molar-refractivity contribution in [2.45, 2.75) is 45.1 Å². The van der Waals surface area contributed by atoms with Gasteiger partial charge in [-0.05, 0) is 56.2 Å². The maximum Gasteiger partial charge on any atom is 0.242 e. The molecule has 0 spiro atoms. The normalized spacial score (nSPS) is 12.2. The average Bonchev–Trinajstić information content (AvgIpc) is 3.31. The number of hydrogen-bond donors (Lipinski definition) is 1. The van der Waals surface area contributed by atoms with E-state index in [-0.39, 0.29) is 17.2 Å². The SMILES string of the molecule is CCn1c(CCC(=O)Nc2nc3c(C)cc(C)cc3s2)nc2cc(S(=O)(=O)N(C)C)ccc21. The van der Waals surface area contributed by atoms with Gasteiger partial charge in [0.25, 0.3) is 0 Å². The molecule has 0 saturated carbocycles. The second-order valence-electron chi connectivity index (χ2n) is 8.21. The summed E-state index contributed by atoms with van der Waals surface area (Å²) in [5.41, 5.74) is 4.63. The number of nitrogens with zero attached hydrogens (tertiary/aromatic N) is 4. The van der Waals surface area contributed by atoms with Gasteiger partial charge in [-0.2, -0.15) is 0 Å². The molecule has 10 heteroatoms. The van der Waals surface area contributed by atoms with E-state index in [1.807, 2.05) is 25.3 Å². The molecule has 0 unspecified atom stereocenters. The first-order valence-electron chi connectivity index (χ1n) is 10.7. The van der Waals surface area contributed by atoms with Crippen LogP contribution in [0.15, 0.2) is 35.2 Å². The minimum Gasteiger partial charge on any atom is -0.328 e. The number of fused-ring (bicyclic) bond motifs is 2. The van der Waals surface area contributed by atoms with Gasteiger partial charge in [0.05, 0.1) is 26.1 Å². The van der Waals surface area contributed by atoms with Gasteiger partial charge in [-0.15, -0.1) is 0 Å². The molecule has 4 rings (SSSR count). The Kier molecular flexibility index (Phi) is 6.26. The summed E-state index contributed by atoms with van der Waals surface area (Å²) in [6.45, 7) is 6.73. The summed E-state index contributed by atoms with van der Waals surface area (Å²) >= 11 is 1.47. The molecular weight excluding hydrogens is 458 g/mol. The molecule has 8 nitrogen and oxygen atoms in total. The molecule has 0 aliphatic carbocycles. The van der Waals surface area contributed by atoms with E-state index in [1.54, 1.807) is 18.2 Å². The van der Waals surface area contributed by atoms with Gasteiger partial charge in [-0.3, -0.25) is 4.79 Å². The molecule has 2 aromatic heterocycles. The van der Waals surface area contributed by atoms with Crippen LogP contribution < -0.4 is 5.32 Å². The molecule has 0 radical (unpaired) electrons. The van der Waals surface area contributed by atoms with Crippen molar-refractivity contribution in [2.75, 3.05) is 19.4 Å². The molecular formula is C23H27N5O3S2. The van der Waals surface area contributed by atoms with Gasteiger partial charge < -0.3 is 9.88 Å². The zero-order chi connectivity index (χ0) is 23.9. The largest absolute Gasteiger partial charge is 0.328 e. The number of nitrogens with one attached hydrogen (secondary N) is 1. The Hall–Kier alpha value is -2.82. The van der Waals surface area contributed by atoms with Crippen molar-refractivity contribution in [3.8, 4) is 0 Å². The van der Waals surface area contributed by atoms with Gasteiger partial charge in [0.2, 0.25) is 15.9 Å². The lowest BCUT2D eigenvalue weighted by Gasteiger charge is -2.11. The van der Waals surface area contributed by atoms with Gasteiger partial charge in [0.15, 0.2) is 5.13 Å². The van der Waals surface area contributed by atoms with E-state index in [2.05, 4.69) is 27.4 Å². The fraction of sp³-hybridized carbons (Fsp3) is 0.348. The average molecular weight is 486 g/mol. The van der Waals surface area contributed by atoms with Crippen LogP contribution in [0.5, 0.6) is 0 Å². The molecule has 0 bridgehead atoms. The second kappa shape index (κ2) is 8.85. The smallest absolute Gasteiger partial charge is 0.242 e. The Morgan fingerprint density at radius 1 is 1.15 bits per heavy atom. The molecule has 0 fully saturated rings. The number of anilines is 1. The first kappa shape index (κ1) is 23.3. The lowest BCUT2D eigenvalue weighted by Crippen LogP contribution is -2.22. The topological polar surface area (TPSA) is 97.2 Å². The number of aromatic nitrogens is 3. The summed E-state index contributed by atoms with van der Waals surface area (Å²) in [4.78, 5) is 22.0. The number of carbonyl (C=O) groups excluding carboxylic acids is 1. The molecule has 0 aliphatic rings. The van der Waals surface area contributed by atoms with E-state index in [9.17, 15) is 13.2 Å². The fourth-order valence-corrected chi connectivity index (χ4v) is 5.89. The highest BCUT2D eigenvalue weighted by atomic mass is 32.2. The Balaban J connectivity index is 1.52. The van der Waals surface area contributed by atoms with Crippen molar-refractivity contribution in [1.82, 2.24) is 18.8 Å². The van der Waals surface area contributed by atoms with Crippen molar-refractivity contribution >= 4 is 53.6 Å². The van der Waals surface area contributed by atoms with E-state index in [1.165, 1.54) is 35.3 Å². The van der Waals surface area contributed by atoms with Crippen molar-refractivity contribution < 1.29 is 13.2 Å². The van der Waals surface area contributed by atoms with Gasteiger partial charge >= 0.3 is 0 Å². The van der Waals surface area contributed by atoms with Crippen LogP contribution in [-0.4, -0.2) is 47.3 Å². The highest BCUT2D eigenvalue weighted by Crippen LogP contribution is 2.29. The first-order chi connectivity index (χ1) is 15.6. The maximum absolute atomic E-state index is 12.6. The van der Waals surface area contributed by atoms with Crippen LogP contribution >= 0.6 is 11.3 Å². The molecule has 0 saturated heterocycles. The van der Waals surface area contributed by atoms with Crippen LogP contribution in [0.4, 0.5) is 5.13 Å². The van der Waals surface area contributed by atoms with E-state index in [0.717, 1.165) is 27.1 Å². The van der Waals surface area contributed by atoms with Crippen molar-refractivity contribution in [1.29, 1.82) is 0 Å². The Bertz CT molecular complexity index is 1470. The number of aryl methyl sites for hydroxylation is 4. The predicted octanol–water partition coefficient (Wildman–Crippen LogP) is 4.10. The molecule has 2 heterocycles. The fourth-order valence-electron chi connectivity index (χ4n) is 3.91. The summed E-state index contributed by atoms with van der Waals surface area (Å²) < 4.78 is 29.2. The Morgan fingerprint density at radius 2 is 1.91 bits per heavy atom. The molecule has 1 N–H and O–H groups in total. The molecule has 2 aromatic carbocycles. The summed E-state index contributed by atoms with van der Waals surface area (Å²) in [5, 5.41) is 3.50. The number of rotatable bonds is 7. The van der Waals surface area contributed by atoms with E-state index >= 15 is 0 Å². The highest BCUT2D eigenvalue weighted by molar-refractivity contribution is 7.89.